The summed E-state index contributed by atoms with van der Waals surface area (Å²) in [5.74, 6) is 1.29. The summed E-state index contributed by atoms with van der Waals surface area (Å²) in [5, 5.41) is 6.52. The predicted octanol–water partition coefficient (Wildman–Crippen LogP) is 4.77. The standard InChI is InChI=1S/C21H20F3N5O3/c1-12(2)19-27-18(32-28-19)8-7-17(30)26-20-25-15-10-13(21(22,23)24)5-6-16(15)29(20)11-14-4-3-9-31-14/h3-6,9-10,12H,7-8,11H2,1-2H3,(H,25,26,30). The van der Waals surface area contributed by atoms with E-state index in [9.17, 15) is 18.0 Å². The summed E-state index contributed by atoms with van der Waals surface area (Å²) in [6, 6.07) is 6.69. The third-order valence-electron chi connectivity index (χ3n) is 4.79. The zero-order chi connectivity index (χ0) is 22.9. The van der Waals surface area contributed by atoms with E-state index in [0.717, 1.165) is 12.1 Å². The van der Waals surface area contributed by atoms with Gasteiger partial charge in [0.2, 0.25) is 17.7 Å². The molecule has 168 valence electrons. The number of nitrogens with one attached hydrogen (secondary N) is 1. The van der Waals surface area contributed by atoms with Crippen LogP contribution in [0.5, 0.6) is 0 Å². The number of furan rings is 1. The van der Waals surface area contributed by atoms with E-state index in [1.807, 2.05) is 13.8 Å². The maximum atomic E-state index is 13.1. The van der Waals surface area contributed by atoms with Crippen LogP contribution >= 0.6 is 0 Å². The molecule has 0 saturated heterocycles. The molecule has 11 heteroatoms. The summed E-state index contributed by atoms with van der Waals surface area (Å²) >= 11 is 0. The molecule has 1 aromatic carbocycles. The molecule has 8 nitrogen and oxygen atoms in total. The van der Waals surface area contributed by atoms with Crippen molar-refractivity contribution in [2.45, 2.75) is 45.3 Å². The largest absolute Gasteiger partial charge is 0.467 e. The van der Waals surface area contributed by atoms with Crippen LogP contribution in [0.2, 0.25) is 0 Å². The normalized spacial score (nSPS) is 12.1. The van der Waals surface area contributed by atoms with Gasteiger partial charge in [0.1, 0.15) is 5.76 Å². The van der Waals surface area contributed by atoms with Crippen molar-refractivity contribution in [1.82, 2.24) is 19.7 Å². The molecule has 0 spiro atoms. The smallest absolute Gasteiger partial charge is 0.416 e. The summed E-state index contributed by atoms with van der Waals surface area (Å²) in [6.07, 6.45) is -2.74. The van der Waals surface area contributed by atoms with Crippen LogP contribution in [-0.4, -0.2) is 25.6 Å². The fourth-order valence-corrected chi connectivity index (χ4v) is 3.13. The molecule has 4 aromatic rings. The van der Waals surface area contributed by atoms with Gasteiger partial charge in [-0.3, -0.25) is 10.1 Å². The first kappa shape index (κ1) is 21.6. The third kappa shape index (κ3) is 4.66. The number of rotatable bonds is 7. The molecule has 0 aliphatic carbocycles. The Kier molecular flexibility index (Phi) is 5.72. The molecule has 0 aliphatic rings. The number of alkyl halides is 3. The molecule has 0 radical (unpaired) electrons. The quantitative estimate of drug-likeness (QED) is 0.438. The van der Waals surface area contributed by atoms with E-state index in [1.165, 1.54) is 12.3 Å². The summed E-state index contributed by atoms with van der Waals surface area (Å²) in [7, 11) is 0. The van der Waals surface area contributed by atoms with Gasteiger partial charge in [-0.15, -0.1) is 0 Å². The van der Waals surface area contributed by atoms with Crippen LogP contribution < -0.4 is 5.32 Å². The van der Waals surface area contributed by atoms with E-state index in [2.05, 4.69) is 20.4 Å². The van der Waals surface area contributed by atoms with Crippen LogP contribution in [0.4, 0.5) is 19.1 Å². The maximum Gasteiger partial charge on any atom is 0.416 e. The van der Waals surface area contributed by atoms with Crippen LogP contribution in [0.15, 0.2) is 45.5 Å². The van der Waals surface area contributed by atoms with E-state index >= 15 is 0 Å². The number of nitrogens with zero attached hydrogens (tertiary/aromatic N) is 4. The molecule has 0 saturated carbocycles. The van der Waals surface area contributed by atoms with Crippen LogP contribution in [0.1, 0.15) is 49.2 Å². The first-order chi connectivity index (χ1) is 15.2. The fraction of sp³-hybridized carbons (Fsp3) is 0.333. The first-order valence-electron chi connectivity index (χ1n) is 9.93. The highest BCUT2D eigenvalue weighted by molar-refractivity contribution is 5.91. The number of carbonyl (C=O) groups excluding carboxylic acids is 1. The minimum atomic E-state index is -4.50. The van der Waals surface area contributed by atoms with Gasteiger partial charge in [-0.05, 0) is 30.3 Å². The van der Waals surface area contributed by atoms with Gasteiger partial charge in [-0.1, -0.05) is 19.0 Å². The Hall–Kier alpha value is -3.63. The van der Waals surface area contributed by atoms with Gasteiger partial charge < -0.3 is 13.5 Å². The van der Waals surface area contributed by atoms with Gasteiger partial charge in [0.25, 0.3) is 0 Å². The highest BCUT2D eigenvalue weighted by Crippen LogP contribution is 2.32. The summed E-state index contributed by atoms with van der Waals surface area (Å²) in [6.45, 7) is 4.04. The van der Waals surface area contributed by atoms with Crippen molar-refractivity contribution >= 4 is 22.9 Å². The Bertz CT molecular complexity index is 1230. The van der Waals surface area contributed by atoms with E-state index in [-0.39, 0.29) is 42.7 Å². The number of hydrogen-bond acceptors (Lipinski definition) is 6. The molecule has 0 unspecified atom stereocenters. The van der Waals surface area contributed by atoms with Crippen LogP contribution in [0.3, 0.4) is 0 Å². The lowest BCUT2D eigenvalue weighted by Crippen LogP contribution is -2.16. The molecule has 0 aliphatic heterocycles. The second kappa shape index (κ2) is 8.48. The molecule has 3 heterocycles. The van der Waals surface area contributed by atoms with Crippen molar-refractivity contribution in [2.75, 3.05) is 5.32 Å². The molecule has 3 aromatic heterocycles. The number of amides is 1. The molecule has 1 N–H and O–H groups in total. The molecule has 0 fully saturated rings. The number of hydrogen-bond donors (Lipinski definition) is 1. The van der Waals surface area contributed by atoms with Crippen LogP contribution in [0.25, 0.3) is 11.0 Å². The SMILES string of the molecule is CC(C)c1noc(CCC(=O)Nc2nc3cc(C(F)(F)F)ccc3n2Cc2ccco2)n1. The van der Waals surface area contributed by atoms with Gasteiger partial charge in [-0.2, -0.15) is 18.2 Å². The topological polar surface area (TPSA) is 99.0 Å². The average molecular weight is 447 g/mol. The number of halogens is 3. The molecular weight excluding hydrogens is 427 g/mol. The number of imidazole rings is 1. The van der Waals surface area contributed by atoms with Gasteiger partial charge in [0.05, 0.1) is 29.4 Å². The van der Waals surface area contributed by atoms with Crippen molar-refractivity contribution in [3.63, 3.8) is 0 Å². The molecule has 1 amide bonds. The predicted molar refractivity (Wildman–Crippen MR) is 108 cm³/mol. The van der Waals surface area contributed by atoms with E-state index in [1.54, 1.807) is 16.7 Å². The van der Waals surface area contributed by atoms with Crippen molar-refractivity contribution < 1.29 is 26.9 Å². The van der Waals surface area contributed by atoms with Gasteiger partial charge in [-0.25, -0.2) is 4.98 Å². The lowest BCUT2D eigenvalue weighted by molar-refractivity contribution is -0.137. The Morgan fingerprint density at radius 2 is 2.03 bits per heavy atom. The molecule has 4 rings (SSSR count). The Morgan fingerprint density at radius 1 is 1.22 bits per heavy atom. The summed E-state index contributed by atoms with van der Waals surface area (Å²) in [5.41, 5.74) is -0.272. The number of anilines is 1. The molecule has 32 heavy (non-hydrogen) atoms. The minimum Gasteiger partial charge on any atom is -0.467 e. The van der Waals surface area contributed by atoms with Crippen molar-refractivity contribution in [1.29, 1.82) is 0 Å². The molecular formula is C21H20F3N5O3. The van der Waals surface area contributed by atoms with Gasteiger partial charge in [0, 0.05) is 18.8 Å². The Balaban J connectivity index is 1.57. The van der Waals surface area contributed by atoms with Crippen LogP contribution in [0, 0.1) is 0 Å². The number of aryl methyl sites for hydroxylation is 1. The highest BCUT2D eigenvalue weighted by Gasteiger charge is 2.31. The van der Waals surface area contributed by atoms with Gasteiger partial charge in [0.15, 0.2) is 5.82 Å². The Morgan fingerprint density at radius 3 is 2.69 bits per heavy atom. The first-order valence-corrected chi connectivity index (χ1v) is 9.93. The highest BCUT2D eigenvalue weighted by atomic mass is 19.4. The fourth-order valence-electron chi connectivity index (χ4n) is 3.13. The second-order valence-corrected chi connectivity index (χ2v) is 7.55. The maximum absolute atomic E-state index is 13.1. The lowest BCUT2D eigenvalue weighted by Gasteiger charge is -2.09. The van der Waals surface area contributed by atoms with Crippen molar-refractivity contribution in [2.24, 2.45) is 0 Å². The average Bonchev–Trinajstić information content (AvgIpc) is 3.47. The summed E-state index contributed by atoms with van der Waals surface area (Å²) < 4.78 is 51.4. The Labute approximate surface area is 180 Å². The lowest BCUT2D eigenvalue weighted by atomic mass is 10.2. The van der Waals surface area contributed by atoms with Crippen molar-refractivity contribution in [3.05, 3.63) is 59.6 Å². The molecule has 0 atom stereocenters. The number of aromatic nitrogens is 4. The number of carbonyl (C=O) groups is 1. The number of fused-ring (bicyclic) bond motifs is 1. The third-order valence-corrected chi connectivity index (χ3v) is 4.79. The van der Waals surface area contributed by atoms with Crippen LogP contribution in [-0.2, 0) is 23.9 Å². The van der Waals surface area contributed by atoms with Crippen molar-refractivity contribution in [3.8, 4) is 0 Å². The zero-order valence-electron chi connectivity index (χ0n) is 17.3. The van der Waals surface area contributed by atoms with E-state index in [4.69, 9.17) is 8.94 Å². The van der Waals surface area contributed by atoms with Gasteiger partial charge >= 0.3 is 6.18 Å². The van der Waals surface area contributed by atoms with E-state index < -0.39 is 11.7 Å². The zero-order valence-corrected chi connectivity index (χ0v) is 17.3. The monoisotopic (exact) mass is 447 g/mol. The summed E-state index contributed by atoms with van der Waals surface area (Å²) in [4.78, 5) is 21.0. The second-order valence-electron chi connectivity index (χ2n) is 7.55. The van der Waals surface area contributed by atoms with E-state index in [0.29, 0.717) is 23.0 Å². The molecule has 0 bridgehead atoms. The number of benzene rings is 1. The minimum absolute atomic E-state index is 0.0392.